The van der Waals surface area contributed by atoms with E-state index in [-0.39, 0.29) is 5.60 Å². The fourth-order valence-corrected chi connectivity index (χ4v) is 9.14. The van der Waals surface area contributed by atoms with Crippen LogP contribution >= 0.6 is 0 Å². The molecule has 1 N–H and O–H groups in total. The number of nitrogens with zero attached hydrogens (tertiary/aromatic N) is 1. The molecule has 3 heteroatoms. The van der Waals surface area contributed by atoms with E-state index in [1.54, 1.807) is 5.57 Å². The molecular weight excluding hydrogens is 334 g/mol. The highest BCUT2D eigenvalue weighted by Gasteiger charge is 2.77. The Kier molecular flexibility index (Phi) is 3.42. The molecule has 4 saturated carbocycles. The van der Waals surface area contributed by atoms with Crippen LogP contribution in [0, 0.1) is 46.8 Å². The Labute approximate surface area is 162 Å². The minimum absolute atomic E-state index is 0.0706. The molecule has 0 aromatic heterocycles. The summed E-state index contributed by atoms with van der Waals surface area (Å²) in [6, 6.07) is 0. The molecule has 1 aliphatic heterocycles. The van der Waals surface area contributed by atoms with Crippen molar-refractivity contribution in [1.82, 2.24) is 0 Å². The SMILES string of the molecule is CCC12CCC3C4CC/C(=N\O)C=C4CC(C)C3C1C1CC1C21C=CCO1. The Balaban J connectivity index is 1.41. The summed E-state index contributed by atoms with van der Waals surface area (Å²) in [6.45, 7) is 5.79. The van der Waals surface area contributed by atoms with E-state index in [1.165, 1.54) is 38.5 Å². The van der Waals surface area contributed by atoms with Gasteiger partial charge in [0, 0.05) is 5.41 Å². The van der Waals surface area contributed by atoms with Gasteiger partial charge in [-0.25, -0.2) is 0 Å². The molecule has 1 heterocycles. The summed E-state index contributed by atoms with van der Waals surface area (Å²) < 4.78 is 6.60. The molecule has 27 heavy (non-hydrogen) atoms. The van der Waals surface area contributed by atoms with Crippen LogP contribution in [0.2, 0.25) is 0 Å². The largest absolute Gasteiger partial charge is 0.411 e. The van der Waals surface area contributed by atoms with Crippen LogP contribution in [0.25, 0.3) is 0 Å². The molecular formula is C24H33NO2. The molecule has 5 aliphatic carbocycles. The lowest BCUT2D eigenvalue weighted by Gasteiger charge is -2.60. The maximum Gasteiger partial charge on any atom is 0.0957 e. The number of fused-ring (bicyclic) bond motifs is 9. The van der Waals surface area contributed by atoms with Crippen LogP contribution in [0.1, 0.15) is 58.8 Å². The zero-order chi connectivity index (χ0) is 18.4. The molecule has 9 unspecified atom stereocenters. The van der Waals surface area contributed by atoms with Crippen LogP contribution in [0.4, 0.5) is 0 Å². The van der Waals surface area contributed by atoms with E-state index in [0.717, 1.165) is 60.2 Å². The molecule has 0 amide bonds. The molecule has 0 saturated heterocycles. The van der Waals surface area contributed by atoms with Crippen molar-refractivity contribution in [2.75, 3.05) is 6.61 Å². The van der Waals surface area contributed by atoms with Gasteiger partial charge in [0.1, 0.15) is 0 Å². The minimum Gasteiger partial charge on any atom is -0.411 e. The van der Waals surface area contributed by atoms with E-state index in [4.69, 9.17) is 4.74 Å². The zero-order valence-corrected chi connectivity index (χ0v) is 16.7. The Morgan fingerprint density at radius 3 is 2.93 bits per heavy atom. The Bertz CT molecular complexity index is 753. The third-order valence-corrected chi connectivity index (χ3v) is 9.92. The van der Waals surface area contributed by atoms with Gasteiger partial charge in [0.15, 0.2) is 0 Å². The molecule has 0 aromatic carbocycles. The Hall–Kier alpha value is -1.09. The summed E-state index contributed by atoms with van der Waals surface area (Å²) in [6.07, 6.45) is 15.8. The van der Waals surface area contributed by atoms with Crippen molar-refractivity contribution in [2.45, 2.75) is 64.4 Å². The van der Waals surface area contributed by atoms with Crippen LogP contribution in [-0.4, -0.2) is 23.1 Å². The Morgan fingerprint density at radius 2 is 2.19 bits per heavy atom. The van der Waals surface area contributed by atoms with E-state index in [2.05, 4.69) is 37.2 Å². The van der Waals surface area contributed by atoms with Crippen molar-refractivity contribution >= 4 is 5.71 Å². The predicted octanol–water partition coefficient (Wildman–Crippen LogP) is 5.21. The van der Waals surface area contributed by atoms with Crippen molar-refractivity contribution in [3.05, 3.63) is 23.8 Å². The van der Waals surface area contributed by atoms with E-state index >= 15 is 0 Å². The van der Waals surface area contributed by atoms with E-state index < -0.39 is 0 Å². The van der Waals surface area contributed by atoms with Crippen LogP contribution in [0.15, 0.2) is 29.0 Å². The van der Waals surface area contributed by atoms with Gasteiger partial charge in [-0.15, -0.1) is 0 Å². The number of hydrogen-bond acceptors (Lipinski definition) is 3. The summed E-state index contributed by atoms with van der Waals surface area (Å²) in [5, 5.41) is 12.8. The maximum atomic E-state index is 9.25. The zero-order valence-electron chi connectivity index (χ0n) is 16.7. The molecule has 0 aromatic rings. The summed E-state index contributed by atoms with van der Waals surface area (Å²) >= 11 is 0. The summed E-state index contributed by atoms with van der Waals surface area (Å²) in [5.74, 6) is 5.75. The van der Waals surface area contributed by atoms with Crippen molar-refractivity contribution in [1.29, 1.82) is 0 Å². The molecule has 3 nitrogen and oxygen atoms in total. The summed E-state index contributed by atoms with van der Waals surface area (Å²) in [4.78, 5) is 0. The first kappa shape index (κ1) is 16.8. The van der Waals surface area contributed by atoms with Crippen molar-refractivity contribution in [3.63, 3.8) is 0 Å². The first-order valence-corrected chi connectivity index (χ1v) is 11.4. The van der Waals surface area contributed by atoms with Crippen LogP contribution < -0.4 is 0 Å². The fraction of sp³-hybridized carbons (Fsp3) is 0.792. The standard InChI is InChI=1S/C24H33NO2/c1-3-23-9-7-18-17-6-5-16(25-26)12-15(17)11-14(2)21(18)22(23)19-13-20(19)24(23)8-4-10-27-24/h4,8,12,14,17-22,26H,3,5-7,9-11,13H2,1-2H3/b25-16+. The lowest BCUT2D eigenvalue weighted by molar-refractivity contribution is -0.150. The fourth-order valence-electron chi connectivity index (χ4n) is 9.14. The van der Waals surface area contributed by atoms with E-state index in [0.29, 0.717) is 5.41 Å². The second-order valence-corrected chi connectivity index (χ2v) is 10.5. The number of allylic oxidation sites excluding steroid dienone is 2. The lowest BCUT2D eigenvalue weighted by atomic mass is 9.46. The minimum atomic E-state index is 0.0706. The average Bonchev–Trinajstić information content (AvgIpc) is 3.27. The van der Waals surface area contributed by atoms with Crippen LogP contribution in [-0.2, 0) is 4.74 Å². The smallest absolute Gasteiger partial charge is 0.0957 e. The van der Waals surface area contributed by atoms with Gasteiger partial charge in [0.25, 0.3) is 0 Å². The summed E-state index contributed by atoms with van der Waals surface area (Å²) in [7, 11) is 0. The second kappa shape index (κ2) is 5.49. The first-order valence-electron chi connectivity index (χ1n) is 11.4. The number of ether oxygens (including phenoxy) is 1. The van der Waals surface area contributed by atoms with Gasteiger partial charge < -0.3 is 9.94 Å². The first-order chi connectivity index (χ1) is 13.1. The van der Waals surface area contributed by atoms with Gasteiger partial charge in [0.05, 0.1) is 17.9 Å². The highest BCUT2D eigenvalue weighted by atomic mass is 16.5. The predicted molar refractivity (Wildman–Crippen MR) is 106 cm³/mol. The van der Waals surface area contributed by atoms with E-state index in [9.17, 15) is 5.21 Å². The molecule has 6 rings (SSSR count). The average molecular weight is 368 g/mol. The Morgan fingerprint density at radius 1 is 1.30 bits per heavy atom. The van der Waals surface area contributed by atoms with Gasteiger partial charge in [0.2, 0.25) is 0 Å². The monoisotopic (exact) mass is 367 g/mol. The number of hydrogen-bond donors (Lipinski definition) is 1. The van der Waals surface area contributed by atoms with Crippen molar-refractivity contribution < 1.29 is 9.94 Å². The quantitative estimate of drug-likeness (QED) is 0.393. The molecule has 0 radical (unpaired) electrons. The maximum absolute atomic E-state index is 9.25. The highest BCUT2D eigenvalue weighted by molar-refractivity contribution is 5.96. The third-order valence-electron chi connectivity index (χ3n) is 9.92. The topological polar surface area (TPSA) is 41.8 Å². The molecule has 1 spiro atoms. The van der Waals surface area contributed by atoms with Crippen LogP contribution in [0.5, 0.6) is 0 Å². The van der Waals surface area contributed by atoms with Gasteiger partial charge in [-0.2, -0.15) is 0 Å². The van der Waals surface area contributed by atoms with Gasteiger partial charge in [-0.3, -0.25) is 0 Å². The second-order valence-electron chi connectivity index (χ2n) is 10.5. The molecule has 0 bridgehead atoms. The molecule has 9 atom stereocenters. The van der Waals surface area contributed by atoms with Crippen LogP contribution in [0.3, 0.4) is 0 Å². The van der Waals surface area contributed by atoms with Crippen molar-refractivity contribution in [2.24, 2.45) is 52.0 Å². The lowest BCUT2D eigenvalue weighted by Crippen LogP contribution is -2.57. The van der Waals surface area contributed by atoms with Gasteiger partial charge in [-0.1, -0.05) is 36.7 Å². The number of rotatable bonds is 1. The third kappa shape index (κ3) is 1.90. The number of oxime groups is 1. The molecule has 4 fully saturated rings. The molecule has 146 valence electrons. The van der Waals surface area contributed by atoms with Gasteiger partial charge in [-0.05, 0) is 92.4 Å². The van der Waals surface area contributed by atoms with Crippen molar-refractivity contribution in [3.8, 4) is 0 Å². The molecule has 6 aliphatic rings. The normalized spacial score (nSPS) is 56.4. The van der Waals surface area contributed by atoms with E-state index in [1.807, 2.05) is 0 Å². The highest BCUT2D eigenvalue weighted by Crippen LogP contribution is 2.79. The summed E-state index contributed by atoms with van der Waals surface area (Å²) in [5.41, 5.74) is 2.94. The van der Waals surface area contributed by atoms with Gasteiger partial charge >= 0.3 is 0 Å².